The maximum atomic E-state index is 12.7. The number of carbonyl (C=O) groups is 1. The van der Waals surface area contributed by atoms with E-state index in [1.165, 1.54) is 36.1 Å². The fourth-order valence-corrected chi connectivity index (χ4v) is 6.26. The van der Waals surface area contributed by atoms with Crippen LogP contribution in [0, 0.1) is 0 Å². The summed E-state index contributed by atoms with van der Waals surface area (Å²) in [6.45, 7) is 2.57. The van der Waals surface area contributed by atoms with Gasteiger partial charge in [-0.05, 0) is 69.3 Å². The molecule has 0 bridgehead atoms. The van der Waals surface area contributed by atoms with Crippen LogP contribution in [-0.4, -0.2) is 40.4 Å². The molecule has 0 saturated carbocycles. The molecule has 1 atom stereocenters. The lowest BCUT2D eigenvalue weighted by molar-refractivity contribution is -0.121. The van der Waals surface area contributed by atoms with Crippen molar-refractivity contribution in [2.75, 3.05) is 19.6 Å². The number of amides is 1. The molecule has 7 nitrogen and oxygen atoms in total. The Morgan fingerprint density at radius 3 is 2.88 bits per heavy atom. The number of H-pyrrole nitrogens is 1. The van der Waals surface area contributed by atoms with Crippen LogP contribution in [-0.2, 0) is 24.1 Å². The number of aromatic amines is 1. The largest absolute Gasteiger partial charge is 0.468 e. The highest BCUT2D eigenvalue weighted by Gasteiger charge is 2.25. The minimum Gasteiger partial charge on any atom is -0.468 e. The molecular weight excluding hydrogens is 424 g/mol. The fraction of sp³-hybridized carbons (Fsp3) is 0.542. The third-order valence-corrected chi connectivity index (χ3v) is 7.84. The maximum absolute atomic E-state index is 12.7. The summed E-state index contributed by atoms with van der Waals surface area (Å²) in [5, 5.41) is 3.84. The second-order valence-corrected chi connectivity index (χ2v) is 9.92. The van der Waals surface area contributed by atoms with Crippen molar-refractivity contribution in [3.63, 3.8) is 0 Å². The SMILES string of the molecule is O=C(CCc1nc2sc3c(c2c(=O)[nH]1)CCCC3)NC[C@H](c1ccco1)N1CCCCC1. The number of thiophene rings is 1. The Morgan fingerprint density at radius 1 is 1.22 bits per heavy atom. The molecule has 0 radical (unpaired) electrons. The zero-order chi connectivity index (χ0) is 21.9. The van der Waals surface area contributed by atoms with Crippen molar-refractivity contribution in [1.82, 2.24) is 20.2 Å². The molecule has 3 aromatic rings. The van der Waals surface area contributed by atoms with Crippen molar-refractivity contribution in [3.8, 4) is 0 Å². The van der Waals surface area contributed by atoms with E-state index >= 15 is 0 Å². The zero-order valence-electron chi connectivity index (χ0n) is 18.3. The molecule has 0 aromatic carbocycles. The summed E-state index contributed by atoms with van der Waals surface area (Å²) in [6, 6.07) is 3.94. The lowest BCUT2D eigenvalue weighted by Gasteiger charge is -2.33. The molecule has 4 heterocycles. The monoisotopic (exact) mass is 454 g/mol. The summed E-state index contributed by atoms with van der Waals surface area (Å²) in [6.07, 6.45) is 10.4. The van der Waals surface area contributed by atoms with Crippen LogP contribution in [0.1, 0.15) is 66.6 Å². The number of nitrogens with zero attached hydrogens (tertiary/aromatic N) is 2. The molecule has 0 unspecified atom stereocenters. The summed E-state index contributed by atoms with van der Waals surface area (Å²) in [4.78, 5) is 37.4. The Bertz CT molecular complexity index is 1130. The third kappa shape index (κ3) is 4.52. The molecule has 0 spiro atoms. The Labute approximate surface area is 191 Å². The molecule has 2 N–H and O–H groups in total. The molecule has 8 heteroatoms. The number of likely N-dealkylation sites (tertiary alicyclic amines) is 1. The van der Waals surface area contributed by atoms with E-state index in [1.54, 1.807) is 17.6 Å². The van der Waals surface area contributed by atoms with Crippen LogP contribution in [0.15, 0.2) is 27.6 Å². The van der Waals surface area contributed by atoms with Gasteiger partial charge in [0.2, 0.25) is 5.91 Å². The van der Waals surface area contributed by atoms with E-state index in [1.807, 2.05) is 12.1 Å². The van der Waals surface area contributed by atoms with E-state index < -0.39 is 0 Å². The summed E-state index contributed by atoms with van der Waals surface area (Å²) < 4.78 is 5.66. The highest BCUT2D eigenvalue weighted by Crippen LogP contribution is 2.33. The fourth-order valence-electron chi connectivity index (χ4n) is 4.98. The first-order chi connectivity index (χ1) is 15.7. The normalized spacial score (nSPS) is 17.9. The van der Waals surface area contributed by atoms with Crippen LogP contribution in [0.2, 0.25) is 0 Å². The molecule has 1 amide bonds. The zero-order valence-corrected chi connectivity index (χ0v) is 19.1. The van der Waals surface area contributed by atoms with Gasteiger partial charge in [0.15, 0.2) is 0 Å². The van der Waals surface area contributed by atoms with Crippen molar-refractivity contribution >= 4 is 27.5 Å². The lowest BCUT2D eigenvalue weighted by atomic mass is 9.97. The van der Waals surface area contributed by atoms with Gasteiger partial charge in [0.25, 0.3) is 5.56 Å². The first kappa shape index (κ1) is 21.4. The Morgan fingerprint density at radius 2 is 2.06 bits per heavy atom. The van der Waals surface area contributed by atoms with Gasteiger partial charge < -0.3 is 14.7 Å². The van der Waals surface area contributed by atoms with E-state index in [-0.39, 0.29) is 17.5 Å². The predicted molar refractivity (Wildman–Crippen MR) is 125 cm³/mol. The van der Waals surface area contributed by atoms with Gasteiger partial charge in [0.05, 0.1) is 17.7 Å². The first-order valence-corrected chi connectivity index (χ1v) is 12.6. The molecule has 1 aliphatic heterocycles. The molecule has 1 aliphatic carbocycles. The Kier molecular flexibility index (Phi) is 6.41. The number of aryl methyl sites for hydroxylation is 3. The van der Waals surface area contributed by atoms with Crippen molar-refractivity contribution in [1.29, 1.82) is 0 Å². The van der Waals surface area contributed by atoms with Gasteiger partial charge in [0, 0.05) is 24.3 Å². The van der Waals surface area contributed by atoms with Crippen LogP contribution in [0.4, 0.5) is 0 Å². The van der Waals surface area contributed by atoms with Crippen molar-refractivity contribution < 1.29 is 9.21 Å². The van der Waals surface area contributed by atoms with Crippen LogP contribution in [0.5, 0.6) is 0 Å². The maximum Gasteiger partial charge on any atom is 0.259 e. The topological polar surface area (TPSA) is 91.2 Å². The molecule has 1 fully saturated rings. The average Bonchev–Trinajstić information content (AvgIpc) is 3.46. The van der Waals surface area contributed by atoms with Crippen LogP contribution < -0.4 is 10.9 Å². The van der Waals surface area contributed by atoms with Crippen molar-refractivity contribution in [2.24, 2.45) is 0 Å². The molecular formula is C24H30N4O3S. The summed E-state index contributed by atoms with van der Waals surface area (Å²) in [5.41, 5.74) is 1.13. The van der Waals surface area contributed by atoms with Gasteiger partial charge in [-0.3, -0.25) is 14.5 Å². The van der Waals surface area contributed by atoms with Gasteiger partial charge in [0.1, 0.15) is 16.4 Å². The van der Waals surface area contributed by atoms with Crippen LogP contribution >= 0.6 is 11.3 Å². The number of piperidine rings is 1. The summed E-state index contributed by atoms with van der Waals surface area (Å²) in [7, 11) is 0. The van der Waals surface area contributed by atoms with E-state index in [2.05, 4.69) is 20.2 Å². The number of hydrogen-bond donors (Lipinski definition) is 2. The molecule has 32 heavy (non-hydrogen) atoms. The lowest BCUT2D eigenvalue weighted by Crippen LogP contribution is -2.40. The number of rotatable bonds is 7. The van der Waals surface area contributed by atoms with Gasteiger partial charge in [-0.2, -0.15) is 0 Å². The number of aromatic nitrogens is 2. The quantitative estimate of drug-likeness (QED) is 0.568. The second kappa shape index (κ2) is 9.58. The predicted octanol–water partition coefficient (Wildman–Crippen LogP) is 3.73. The minimum atomic E-state index is -0.0622. The van der Waals surface area contributed by atoms with E-state index in [0.717, 1.165) is 48.3 Å². The number of fused-ring (bicyclic) bond motifs is 3. The highest BCUT2D eigenvalue weighted by atomic mass is 32.1. The number of nitrogens with one attached hydrogen (secondary N) is 2. The first-order valence-electron chi connectivity index (χ1n) is 11.8. The smallest absolute Gasteiger partial charge is 0.259 e. The molecule has 2 aliphatic rings. The van der Waals surface area contributed by atoms with E-state index in [9.17, 15) is 9.59 Å². The van der Waals surface area contributed by atoms with Gasteiger partial charge in [-0.1, -0.05) is 6.42 Å². The van der Waals surface area contributed by atoms with Gasteiger partial charge >= 0.3 is 0 Å². The minimum absolute atomic E-state index is 0.0354. The van der Waals surface area contributed by atoms with Crippen molar-refractivity contribution in [3.05, 3.63) is 50.8 Å². The number of carbonyl (C=O) groups excluding carboxylic acids is 1. The molecule has 5 rings (SSSR count). The van der Waals surface area contributed by atoms with E-state index in [4.69, 9.17) is 4.42 Å². The third-order valence-electron chi connectivity index (χ3n) is 6.66. The van der Waals surface area contributed by atoms with E-state index in [0.29, 0.717) is 25.2 Å². The van der Waals surface area contributed by atoms with Crippen LogP contribution in [0.3, 0.4) is 0 Å². The van der Waals surface area contributed by atoms with Crippen LogP contribution in [0.25, 0.3) is 10.2 Å². The Balaban J connectivity index is 1.21. The summed E-state index contributed by atoms with van der Waals surface area (Å²) >= 11 is 1.64. The average molecular weight is 455 g/mol. The molecule has 1 saturated heterocycles. The van der Waals surface area contributed by atoms with Gasteiger partial charge in [-0.25, -0.2) is 4.98 Å². The molecule has 3 aromatic heterocycles. The number of hydrogen-bond acceptors (Lipinski definition) is 6. The second-order valence-electron chi connectivity index (χ2n) is 8.84. The molecule has 170 valence electrons. The highest BCUT2D eigenvalue weighted by molar-refractivity contribution is 7.18. The Hall–Kier alpha value is -2.45. The van der Waals surface area contributed by atoms with Crippen molar-refractivity contribution in [2.45, 2.75) is 63.8 Å². The number of furan rings is 1. The standard InChI is InChI=1S/C24H30N4O3S/c29-21(25-15-17(18-8-6-14-31-18)28-12-4-1-5-13-28)11-10-20-26-23(30)22-16-7-2-3-9-19(16)32-24(22)27-20/h6,8,14,17H,1-5,7,9-13,15H2,(H,25,29)(H,26,27,30)/t17-/m1/s1. The summed E-state index contributed by atoms with van der Waals surface area (Å²) in [5.74, 6) is 1.45. The van der Waals surface area contributed by atoms with Gasteiger partial charge in [-0.15, -0.1) is 11.3 Å².